The van der Waals surface area contributed by atoms with Crippen LogP contribution in [0.15, 0.2) is 6.07 Å². The molecule has 0 spiro atoms. The second-order valence-electron chi connectivity index (χ2n) is 5.79. The van der Waals surface area contributed by atoms with Gasteiger partial charge in [-0.25, -0.2) is 0 Å². The highest BCUT2D eigenvalue weighted by Gasteiger charge is 2.14. The average Bonchev–Trinajstić information content (AvgIpc) is 2.93. The molecular formula is C16H28N4O2. The third-order valence-electron chi connectivity index (χ3n) is 3.39. The van der Waals surface area contributed by atoms with Crippen LogP contribution < -0.4 is 5.32 Å². The maximum Gasteiger partial charge on any atom is 0.226 e. The van der Waals surface area contributed by atoms with Crippen molar-refractivity contribution in [2.24, 2.45) is 0 Å². The van der Waals surface area contributed by atoms with E-state index in [0.717, 1.165) is 31.6 Å². The van der Waals surface area contributed by atoms with E-state index in [1.807, 2.05) is 38.7 Å². The highest BCUT2D eigenvalue weighted by molar-refractivity contribution is 5.92. The Morgan fingerprint density at radius 2 is 1.86 bits per heavy atom. The fraction of sp³-hybridized carbons (Fsp3) is 0.688. The van der Waals surface area contributed by atoms with E-state index in [0.29, 0.717) is 11.7 Å². The van der Waals surface area contributed by atoms with Gasteiger partial charge in [-0.3, -0.25) is 14.7 Å². The van der Waals surface area contributed by atoms with E-state index in [4.69, 9.17) is 0 Å². The number of carbonyl (C=O) groups is 2. The lowest BCUT2D eigenvalue weighted by Crippen LogP contribution is -2.33. The number of hydrogen-bond donors (Lipinski definition) is 2. The number of amides is 2. The molecule has 0 fully saturated rings. The third kappa shape index (κ3) is 5.87. The van der Waals surface area contributed by atoms with Crippen molar-refractivity contribution in [2.45, 2.75) is 59.3 Å². The summed E-state index contributed by atoms with van der Waals surface area (Å²) in [4.78, 5) is 25.8. The van der Waals surface area contributed by atoms with Gasteiger partial charge in [-0.2, -0.15) is 5.10 Å². The maximum atomic E-state index is 12.1. The maximum absolute atomic E-state index is 12.1. The zero-order chi connectivity index (χ0) is 16.5. The van der Waals surface area contributed by atoms with Crippen molar-refractivity contribution < 1.29 is 9.59 Å². The van der Waals surface area contributed by atoms with Gasteiger partial charge in [0.25, 0.3) is 0 Å². The first kappa shape index (κ1) is 18.2. The number of aromatic nitrogens is 2. The second-order valence-corrected chi connectivity index (χ2v) is 5.79. The van der Waals surface area contributed by atoms with E-state index in [1.54, 1.807) is 0 Å². The monoisotopic (exact) mass is 308 g/mol. The molecule has 22 heavy (non-hydrogen) atoms. The number of H-pyrrole nitrogens is 1. The van der Waals surface area contributed by atoms with E-state index in [2.05, 4.69) is 15.5 Å². The van der Waals surface area contributed by atoms with Gasteiger partial charge >= 0.3 is 0 Å². The van der Waals surface area contributed by atoms with Gasteiger partial charge in [0.2, 0.25) is 11.8 Å². The van der Waals surface area contributed by atoms with Crippen LogP contribution in [0.25, 0.3) is 0 Å². The molecule has 0 aromatic carbocycles. The van der Waals surface area contributed by atoms with Crippen molar-refractivity contribution >= 4 is 17.6 Å². The lowest BCUT2D eigenvalue weighted by Gasteiger charge is -2.21. The predicted molar refractivity (Wildman–Crippen MR) is 87.7 cm³/mol. The topological polar surface area (TPSA) is 78.1 Å². The highest BCUT2D eigenvalue weighted by Crippen LogP contribution is 2.15. The molecule has 0 atom stereocenters. The zero-order valence-corrected chi connectivity index (χ0v) is 14.1. The molecule has 0 saturated heterocycles. The van der Waals surface area contributed by atoms with Crippen molar-refractivity contribution in [3.8, 4) is 0 Å². The van der Waals surface area contributed by atoms with Crippen LogP contribution in [0.2, 0.25) is 0 Å². The molecule has 1 aromatic heterocycles. The lowest BCUT2D eigenvalue weighted by atomic mass is 10.1. The van der Waals surface area contributed by atoms with Gasteiger partial charge < -0.3 is 10.2 Å². The number of nitrogens with one attached hydrogen (secondary N) is 2. The number of aromatic amines is 1. The predicted octanol–water partition coefficient (Wildman–Crippen LogP) is 2.90. The summed E-state index contributed by atoms with van der Waals surface area (Å²) in [7, 11) is 0. The summed E-state index contributed by atoms with van der Waals surface area (Å²) in [5.74, 6) is 0.711. The molecule has 2 amide bonds. The lowest BCUT2D eigenvalue weighted by molar-refractivity contribution is -0.133. The van der Waals surface area contributed by atoms with Gasteiger partial charge in [0.1, 0.15) is 0 Å². The minimum Gasteiger partial charge on any atom is -0.343 e. The van der Waals surface area contributed by atoms with E-state index >= 15 is 0 Å². The molecule has 124 valence electrons. The van der Waals surface area contributed by atoms with E-state index in [9.17, 15) is 9.59 Å². The number of nitrogens with zero attached hydrogens (tertiary/aromatic N) is 2. The standard InChI is InChI=1S/C16H28N4O2/c1-5-9-20(10-6-2)16(22)8-7-15(21)17-14-11-13(12(3)4)18-19-14/h11-12H,5-10H2,1-4H3,(H2,17,18,19,21). The molecule has 1 rings (SSSR count). The molecule has 1 aromatic rings. The molecule has 6 heteroatoms. The van der Waals surface area contributed by atoms with E-state index < -0.39 is 0 Å². The summed E-state index contributed by atoms with van der Waals surface area (Å²) < 4.78 is 0. The molecule has 0 saturated carbocycles. The van der Waals surface area contributed by atoms with Gasteiger partial charge in [-0.05, 0) is 18.8 Å². The fourth-order valence-electron chi connectivity index (χ4n) is 2.18. The largest absolute Gasteiger partial charge is 0.343 e. The molecule has 0 aliphatic rings. The Bertz CT molecular complexity index is 476. The summed E-state index contributed by atoms with van der Waals surface area (Å²) in [5.41, 5.74) is 0.975. The molecule has 0 bridgehead atoms. The molecule has 2 N–H and O–H groups in total. The zero-order valence-electron chi connectivity index (χ0n) is 14.1. The van der Waals surface area contributed by atoms with Crippen LogP contribution in [-0.4, -0.2) is 40.0 Å². The molecule has 0 radical (unpaired) electrons. The van der Waals surface area contributed by atoms with Gasteiger partial charge in [-0.15, -0.1) is 0 Å². The first-order valence-electron chi connectivity index (χ1n) is 8.10. The number of rotatable bonds is 9. The van der Waals surface area contributed by atoms with Crippen LogP contribution in [0.3, 0.4) is 0 Å². The van der Waals surface area contributed by atoms with Crippen molar-refractivity contribution in [1.29, 1.82) is 0 Å². The van der Waals surface area contributed by atoms with Crippen molar-refractivity contribution in [3.05, 3.63) is 11.8 Å². The first-order chi connectivity index (χ1) is 10.5. The van der Waals surface area contributed by atoms with Gasteiger partial charge in [0, 0.05) is 37.7 Å². The van der Waals surface area contributed by atoms with E-state index in [-0.39, 0.29) is 24.7 Å². The number of hydrogen-bond acceptors (Lipinski definition) is 3. The highest BCUT2D eigenvalue weighted by atomic mass is 16.2. The Hall–Kier alpha value is -1.85. The molecule has 0 aliphatic carbocycles. The molecule has 1 heterocycles. The van der Waals surface area contributed by atoms with Crippen LogP contribution >= 0.6 is 0 Å². The van der Waals surface area contributed by atoms with Gasteiger partial charge in [0.15, 0.2) is 5.82 Å². The molecular weight excluding hydrogens is 280 g/mol. The Morgan fingerprint density at radius 1 is 1.23 bits per heavy atom. The van der Waals surface area contributed by atoms with Gasteiger partial charge in [0.05, 0.1) is 0 Å². The van der Waals surface area contributed by atoms with Crippen LogP contribution in [-0.2, 0) is 9.59 Å². The minimum absolute atomic E-state index is 0.0451. The van der Waals surface area contributed by atoms with Crippen molar-refractivity contribution in [1.82, 2.24) is 15.1 Å². The van der Waals surface area contributed by atoms with Crippen molar-refractivity contribution in [2.75, 3.05) is 18.4 Å². The Kier molecular flexibility index (Phi) is 7.63. The first-order valence-corrected chi connectivity index (χ1v) is 8.10. The molecule has 0 aliphatic heterocycles. The summed E-state index contributed by atoms with van der Waals surface area (Å²) in [6.07, 6.45) is 2.30. The number of carbonyl (C=O) groups excluding carboxylic acids is 2. The normalized spacial score (nSPS) is 10.8. The van der Waals surface area contributed by atoms with Gasteiger partial charge in [-0.1, -0.05) is 27.7 Å². The minimum atomic E-state index is -0.178. The smallest absolute Gasteiger partial charge is 0.226 e. The quantitative estimate of drug-likeness (QED) is 0.736. The van der Waals surface area contributed by atoms with Crippen LogP contribution in [0.1, 0.15) is 65.0 Å². The average molecular weight is 308 g/mol. The Balaban J connectivity index is 2.42. The number of anilines is 1. The SMILES string of the molecule is CCCN(CCC)C(=O)CCC(=O)Nc1cc(C(C)C)[nH]n1. The summed E-state index contributed by atoms with van der Waals surface area (Å²) in [6.45, 7) is 9.71. The summed E-state index contributed by atoms with van der Waals surface area (Å²) in [5, 5.41) is 9.66. The Labute approximate surface area is 132 Å². The second kappa shape index (κ2) is 9.23. The third-order valence-corrected chi connectivity index (χ3v) is 3.39. The molecule has 0 unspecified atom stereocenters. The fourth-order valence-corrected chi connectivity index (χ4v) is 2.18. The van der Waals surface area contributed by atoms with Crippen LogP contribution in [0.5, 0.6) is 0 Å². The summed E-state index contributed by atoms with van der Waals surface area (Å²) in [6, 6.07) is 1.82. The van der Waals surface area contributed by atoms with Crippen molar-refractivity contribution in [3.63, 3.8) is 0 Å². The van der Waals surface area contributed by atoms with E-state index in [1.165, 1.54) is 0 Å². The Morgan fingerprint density at radius 3 is 2.36 bits per heavy atom. The van der Waals surface area contributed by atoms with Crippen LogP contribution in [0, 0.1) is 0 Å². The van der Waals surface area contributed by atoms with Crippen LogP contribution in [0.4, 0.5) is 5.82 Å². The molecule has 6 nitrogen and oxygen atoms in total. The summed E-state index contributed by atoms with van der Waals surface area (Å²) >= 11 is 0.